The van der Waals surface area contributed by atoms with E-state index in [1.165, 1.54) is 0 Å². The predicted octanol–water partition coefficient (Wildman–Crippen LogP) is 3.38. The van der Waals surface area contributed by atoms with E-state index in [4.69, 9.17) is 9.47 Å². The van der Waals surface area contributed by atoms with Crippen molar-refractivity contribution in [3.05, 3.63) is 58.1 Å². The Kier molecular flexibility index (Phi) is 7.14. The molecule has 6 nitrogen and oxygen atoms in total. The van der Waals surface area contributed by atoms with Crippen LogP contribution in [0.4, 0.5) is 0 Å². The average molecular weight is 461 g/mol. The molecular formula is C22H25BrN2O4. The molecule has 0 bridgehead atoms. The molecule has 1 aliphatic rings. The molecule has 2 amide bonds. The fraction of sp³-hybridized carbons (Fsp3) is 0.364. The number of ether oxygens (including phenoxy) is 2. The fourth-order valence-corrected chi connectivity index (χ4v) is 3.86. The van der Waals surface area contributed by atoms with Gasteiger partial charge in [-0.15, -0.1) is 0 Å². The van der Waals surface area contributed by atoms with E-state index in [0.717, 1.165) is 10.0 Å². The first-order valence-electron chi connectivity index (χ1n) is 9.55. The van der Waals surface area contributed by atoms with Gasteiger partial charge in [-0.05, 0) is 42.3 Å². The van der Waals surface area contributed by atoms with Crippen LogP contribution in [0.1, 0.15) is 22.3 Å². The number of halogens is 1. The third kappa shape index (κ3) is 5.29. The van der Waals surface area contributed by atoms with Gasteiger partial charge in [0.25, 0.3) is 5.91 Å². The average Bonchev–Trinajstić information content (AvgIpc) is 2.76. The van der Waals surface area contributed by atoms with E-state index < -0.39 is 0 Å². The van der Waals surface area contributed by atoms with Crippen molar-refractivity contribution < 1.29 is 19.1 Å². The first-order valence-corrected chi connectivity index (χ1v) is 10.3. The maximum Gasteiger partial charge on any atom is 0.254 e. The van der Waals surface area contributed by atoms with Crippen molar-refractivity contribution in [3.8, 4) is 11.5 Å². The van der Waals surface area contributed by atoms with Gasteiger partial charge in [0.2, 0.25) is 5.91 Å². The molecule has 0 spiro atoms. The number of hydrogen-bond donors (Lipinski definition) is 0. The van der Waals surface area contributed by atoms with Gasteiger partial charge in [-0.2, -0.15) is 0 Å². The lowest BCUT2D eigenvalue weighted by molar-refractivity contribution is -0.132. The summed E-state index contributed by atoms with van der Waals surface area (Å²) in [5.74, 6) is 1.18. The molecule has 0 aromatic heterocycles. The first-order chi connectivity index (χ1) is 14.0. The second kappa shape index (κ2) is 9.78. The summed E-state index contributed by atoms with van der Waals surface area (Å²) in [4.78, 5) is 29.0. The maximum atomic E-state index is 12.8. The lowest BCUT2D eigenvalue weighted by Crippen LogP contribution is -2.50. The van der Waals surface area contributed by atoms with Crippen molar-refractivity contribution in [2.24, 2.45) is 0 Å². The van der Waals surface area contributed by atoms with Crippen LogP contribution in [-0.2, 0) is 11.2 Å². The zero-order valence-corrected chi connectivity index (χ0v) is 18.3. The molecule has 0 saturated carbocycles. The van der Waals surface area contributed by atoms with Gasteiger partial charge >= 0.3 is 0 Å². The van der Waals surface area contributed by atoms with Crippen LogP contribution in [0, 0.1) is 0 Å². The molecule has 1 heterocycles. The zero-order chi connectivity index (χ0) is 20.8. The van der Waals surface area contributed by atoms with Gasteiger partial charge in [0.05, 0.1) is 14.2 Å². The van der Waals surface area contributed by atoms with Crippen LogP contribution in [0.25, 0.3) is 0 Å². The number of hydrogen-bond acceptors (Lipinski definition) is 4. The van der Waals surface area contributed by atoms with Crippen molar-refractivity contribution in [2.45, 2.75) is 12.8 Å². The SMILES string of the molecule is COc1ccc(C(=O)N2CCN(C(=O)CCc3cccc(Br)c3)CC2)cc1OC. The molecule has 154 valence electrons. The number of carbonyl (C=O) groups is 2. The Morgan fingerprint density at radius 2 is 1.62 bits per heavy atom. The van der Waals surface area contributed by atoms with Gasteiger partial charge in [0.1, 0.15) is 0 Å². The second-order valence-electron chi connectivity index (χ2n) is 6.87. The van der Waals surface area contributed by atoms with Gasteiger partial charge in [0.15, 0.2) is 11.5 Å². The highest BCUT2D eigenvalue weighted by atomic mass is 79.9. The third-order valence-electron chi connectivity index (χ3n) is 5.07. The van der Waals surface area contributed by atoms with Crippen molar-refractivity contribution >= 4 is 27.7 Å². The number of nitrogens with zero attached hydrogens (tertiary/aromatic N) is 2. The molecular weight excluding hydrogens is 436 g/mol. The number of aryl methyl sites for hydroxylation is 1. The standard InChI is InChI=1S/C22H25BrN2O4/c1-28-19-8-7-17(15-20(19)29-2)22(27)25-12-10-24(11-13-25)21(26)9-6-16-4-3-5-18(23)14-16/h3-5,7-8,14-15H,6,9-13H2,1-2H3. The number of piperazine rings is 1. The van der Waals surface area contributed by atoms with Crippen LogP contribution >= 0.6 is 15.9 Å². The monoisotopic (exact) mass is 460 g/mol. The summed E-state index contributed by atoms with van der Waals surface area (Å²) in [6.07, 6.45) is 1.18. The molecule has 0 unspecified atom stereocenters. The van der Waals surface area contributed by atoms with E-state index in [-0.39, 0.29) is 11.8 Å². The summed E-state index contributed by atoms with van der Waals surface area (Å²) in [6, 6.07) is 13.2. The van der Waals surface area contributed by atoms with Crippen LogP contribution in [0.2, 0.25) is 0 Å². The number of benzene rings is 2. The number of amides is 2. The topological polar surface area (TPSA) is 59.1 Å². The van der Waals surface area contributed by atoms with Crippen molar-refractivity contribution in [1.82, 2.24) is 9.80 Å². The smallest absolute Gasteiger partial charge is 0.254 e. The highest BCUT2D eigenvalue weighted by Crippen LogP contribution is 2.28. The van der Waals surface area contributed by atoms with Gasteiger partial charge < -0.3 is 19.3 Å². The minimum Gasteiger partial charge on any atom is -0.493 e. The molecule has 2 aromatic carbocycles. The van der Waals surface area contributed by atoms with E-state index in [2.05, 4.69) is 15.9 Å². The summed E-state index contributed by atoms with van der Waals surface area (Å²) < 4.78 is 11.5. The zero-order valence-electron chi connectivity index (χ0n) is 16.7. The molecule has 0 atom stereocenters. The lowest BCUT2D eigenvalue weighted by Gasteiger charge is -2.35. The molecule has 1 aliphatic heterocycles. The van der Waals surface area contributed by atoms with Gasteiger partial charge in [-0.25, -0.2) is 0 Å². The molecule has 29 heavy (non-hydrogen) atoms. The van der Waals surface area contributed by atoms with Crippen molar-refractivity contribution in [2.75, 3.05) is 40.4 Å². The van der Waals surface area contributed by atoms with Gasteiger partial charge in [-0.1, -0.05) is 28.1 Å². The lowest BCUT2D eigenvalue weighted by atomic mass is 10.1. The van der Waals surface area contributed by atoms with Crippen LogP contribution in [0.5, 0.6) is 11.5 Å². The molecule has 3 rings (SSSR count). The van der Waals surface area contributed by atoms with E-state index in [9.17, 15) is 9.59 Å². The largest absolute Gasteiger partial charge is 0.493 e. The Morgan fingerprint density at radius 3 is 2.28 bits per heavy atom. The molecule has 1 saturated heterocycles. The van der Waals surface area contributed by atoms with Gasteiger partial charge in [-0.3, -0.25) is 9.59 Å². The van der Waals surface area contributed by atoms with Crippen LogP contribution in [0.15, 0.2) is 46.9 Å². The highest BCUT2D eigenvalue weighted by Gasteiger charge is 2.25. The minimum atomic E-state index is -0.0628. The quantitative estimate of drug-likeness (QED) is 0.662. The Bertz CT molecular complexity index is 879. The molecule has 1 fully saturated rings. The van der Waals surface area contributed by atoms with Crippen molar-refractivity contribution in [1.29, 1.82) is 0 Å². The summed E-state index contributed by atoms with van der Waals surface area (Å²) >= 11 is 3.45. The van der Waals surface area contributed by atoms with Crippen LogP contribution in [0.3, 0.4) is 0 Å². The molecule has 7 heteroatoms. The third-order valence-corrected chi connectivity index (χ3v) is 5.56. The number of methoxy groups -OCH3 is 2. The first kappa shape index (κ1) is 21.2. The Morgan fingerprint density at radius 1 is 0.931 bits per heavy atom. The van der Waals surface area contributed by atoms with Crippen LogP contribution in [-0.4, -0.2) is 62.0 Å². The fourth-order valence-electron chi connectivity index (χ4n) is 3.41. The van der Waals surface area contributed by atoms with Crippen molar-refractivity contribution in [3.63, 3.8) is 0 Å². The Balaban J connectivity index is 1.53. The maximum absolute atomic E-state index is 12.8. The number of carbonyl (C=O) groups excluding carboxylic acids is 2. The minimum absolute atomic E-state index is 0.0628. The van der Waals surface area contributed by atoms with Crippen LogP contribution < -0.4 is 9.47 Å². The normalized spacial score (nSPS) is 13.9. The summed E-state index contributed by atoms with van der Waals surface area (Å²) in [7, 11) is 3.11. The van der Waals surface area contributed by atoms with E-state index in [1.807, 2.05) is 29.2 Å². The Hall–Kier alpha value is -2.54. The van der Waals surface area contributed by atoms with E-state index in [0.29, 0.717) is 56.1 Å². The summed E-state index contributed by atoms with van der Waals surface area (Å²) in [5, 5.41) is 0. The molecule has 2 aromatic rings. The molecule has 0 N–H and O–H groups in total. The van der Waals surface area contributed by atoms with Gasteiger partial charge in [0, 0.05) is 42.6 Å². The second-order valence-corrected chi connectivity index (χ2v) is 7.79. The summed E-state index contributed by atoms with van der Waals surface area (Å²) in [6.45, 7) is 2.15. The highest BCUT2D eigenvalue weighted by molar-refractivity contribution is 9.10. The molecule has 0 aliphatic carbocycles. The summed E-state index contributed by atoms with van der Waals surface area (Å²) in [5.41, 5.74) is 1.69. The van der Waals surface area contributed by atoms with E-state index >= 15 is 0 Å². The Labute approximate surface area is 179 Å². The van der Waals surface area contributed by atoms with E-state index in [1.54, 1.807) is 37.3 Å². The molecule has 0 radical (unpaired) electrons. The predicted molar refractivity (Wildman–Crippen MR) is 114 cm³/mol. The number of rotatable bonds is 6.